The molecule has 0 aliphatic carbocycles. The summed E-state index contributed by atoms with van der Waals surface area (Å²) in [6, 6.07) is 13.1. The summed E-state index contributed by atoms with van der Waals surface area (Å²) in [5.74, 6) is -0.280. The molecule has 2 nitrogen and oxygen atoms in total. The molecular weight excluding hydrogens is 379 g/mol. The summed E-state index contributed by atoms with van der Waals surface area (Å²) >= 11 is 9.58. The molecule has 1 fully saturated rings. The Kier molecular flexibility index (Phi) is 5.70. The maximum atomic E-state index is 13.1. The summed E-state index contributed by atoms with van der Waals surface area (Å²) in [4.78, 5) is 4.84. The third-order valence-corrected chi connectivity index (χ3v) is 5.07. The number of nitrogens with zero attached hydrogens (tertiary/aromatic N) is 2. The molecule has 1 aliphatic rings. The second kappa shape index (κ2) is 7.75. The van der Waals surface area contributed by atoms with E-state index >= 15 is 0 Å². The van der Waals surface area contributed by atoms with Crippen LogP contribution >= 0.6 is 27.5 Å². The van der Waals surface area contributed by atoms with Gasteiger partial charge in [-0.1, -0.05) is 45.7 Å². The Labute approximate surface area is 150 Å². The van der Waals surface area contributed by atoms with Gasteiger partial charge >= 0.3 is 0 Å². The predicted molar refractivity (Wildman–Crippen MR) is 96.1 cm³/mol. The molecule has 0 unspecified atom stereocenters. The maximum Gasteiger partial charge on any atom is 0.124 e. The average Bonchev–Trinajstić information content (AvgIpc) is 2.54. The van der Waals surface area contributed by atoms with Gasteiger partial charge in [-0.3, -0.25) is 9.80 Å². The van der Waals surface area contributed by atoms with Crippen molar-refractivity contribution in [3.63, 3.8) is 0 Å². The molecule has 23 heavy (non-hydrogen) atoms. The van der Waals surface area contributed by atoms with Gasteiger partial charge in [0.15, 0.2) is 0 Å². The molecular formula is C18H19BrClFN2. The zero-order valence-electron chi connectivity index (χ0n) is 12.8. The van der Waals surface area contributed by atoms with Crippen LogP contribution in [-0.2, 0) is 13.1 Å². The van der Waals surface area contributed by atoms with Crippen molar-refractivity contribution in [2.24, 2.45) is 0 Å². The van der Waals surface area contributed by atoms with Crippen molar-refractivity contribution in [2.75, 3.05) is 26.2 Å². The summed E-state index contributed by atoms with van der Waals surface area (Å²) in [7, 11) is 0. The highest BCUT2D eigenvalue weighted by Gasteiger charge is 2.18. The SMILES string of the molecule is Fc1ccc(CN2CCN(Cc3ccc(Br)cc3)CC2)c(Cl)c1. The smallest absolute Gasteiger partial charge is 0.124 e. The molecule has 1 saturated heterocycles. The van der Waals surface area contributed by atoms with Gasteiger partial charge in [-0.15, -0.1) is 0 Å². The Morgan fingerprint density at radius 3 is 2.13 bits per heavy atom. The lowest BCUT2D eigenvalue weighted by Crippen LogP contribution is -2.45. The lowest BCUT2D eigenvalue weighted by Gasteiger charge is -2.34. The van der Waals surface area contributed by atoms with Gasteiger partial charge in [0, 0.05) is 48.8 Å². The van der Waals surface area contributed by atoms with E-state index in [9.17, 15) is 4.39 Å². The van der Waals surface area contributed by atoms with E-state index in [1.807, 2.05) is 0 Å². The van der Waals surface area contributed by atoms with Crippen molar-refractivity contribution < 1.29 is 4.39 Å². The molecule has 0 saturated carbocycles. The van der Waals surface area contributed by atoms with E-state index in [1.54, 1.807) is 6.07 Å². The van der Waals surface area contributed by atoms with Gasteiger partial charge in [0.05, 0.1) is 0 Å². The van der Waals surface area contributed by atoms with E-state index in [0.717, 1.165) is 49.3 Å². The second-order valence-electron chi connectivity index (χ2n) is 5.91. The topological polar surface area (TPSA) is 6.48 Å². The largest absolute Gasteiger partial charge is 0.297 e. The molecule has 0 atom stereocenters. The molecule has 2 aromatic carbocycles. The highest BCUT2D eigenvalue weighted by atomic mass is 79.9. The summed E-state index contributed by atoms with van der Waals surface area (Å²) in [5, 5.41) is 0.516. The summed E-state index contributed by atoms with van der Waals surface area (Å²) in [6.07, 6.45) is 0. The van der Waals surface area contributed by atoms with Gasteiger partial charge in [-0.25, -0.2) is 4.39 Å². The fourth-order valence-corrected chi connectivity index (χ4v) is 3.34. The van der Waals surface area contributed by atoms with Crippen molar-refractivity contribution in [2.45, 2.75) is 13.1 Å². The van der Waals surface area contributed by atoms with Crippen molar-refractivity contribution in [1.29, 1.82) is 0 Å². The molecule has 0 spiro atoms. The predicted octanol–water partition coefficient (Wildman–Crippen LogP) is 4.56. The van der Waals surface area contributed by atoms with E-state index in [1.165, 1.54) is 17.7 Å². The quantitative estimate of drug-likeness (QED) is 0.746. The van der Waals surface area contributed by atoms with Crippen molar-refractivity contribution >= 4 is 27.5 Å². The van der Waals surface area contributed by atoms with Crippen LogP contribution in [0.2, 0.25) is 5.02 Å². The lowest BCUT2D eigenvalue weighted by atomic mass is 10.1. The zero-order valence-corrected chi connectivity index (χ0v) is 15.2. The first-order chi connectivity index (χ1) is 11.1. The fourth-order valence-electron chi connectivity index (χ4n) is 2.84. The van der Waals surface area contributed by atoms with Crippen LogP contribution in [-0.4, -0.2) is 36.0 Å². The first-order valence-electron chi connectivity index (χ1n) is 7.73. The second-order valence-corrected chi connectivity index (χ2v) is 7.24. The zero-order chi connectivity index (χ0) is 16.2. The van der Waals surface area contributed by atoms with Crippen molar-refractivity contribution in [1.82, 2.24) is 9.80 Å². The molecule has 122 valence electrons. The van der Waals surface area contributed by atoms with E-state index in [0.29, 0.717) is 5.02 Å². The third-order valence-electron chi connectivity index (χ3n) is 4.19. The van der Waals surface area contributed by atoms with Crippen LogP contribution in [0.4, 0.5) is 4.39 Å². The van der Waals surface area contributed by atoms with Crippen LogP contribution in [0, 0.1) is 5.82 Å². The Morgan fingerprint density at radius 2 is 1.52 bits per heavy atom. The Hall–Kier alpha value is -0.940. The van der Waals surface area contributed by atoms with E-state index in [-0.39, 0.29) is 5.82 Å². The van der Waals surface area contributed by atoms with E-state index in [4.69, 9.17) is 11.6 Å². The van der Waals surface area contributed by atoms with Crippen LogP contribution in [0.15, 0.2) is 46.9 Å². The van der Waals surface area contributed by atoms with Crippen LogP contribution in [0.3, 0.4) is 0 Å². The highest BCUT2D eigenvalue weighted by molar-refractivity contribution is 9.10. The molecule has 5 heteroatoms. The standard InChI is InChI=1S/C18H19BrClFN2/c19-16-4-1-14(2-5-16)12-22-7-9-23(10-8-22)13-15-3-6-17(21)11-18(15)20/h1-6,11H,7-10,12-13H2. The molecule has 1 heterocycles. The monoisotopic (exact) mass is 396 g/mol. The van der Waals surface area contributed by atoms with Crippen LogP contribution in [0.1, 0.15) is 11.1 Å². The Bertz CT molecular complexity index is 655. The van der Waals surface area contributed by atoms with Gasteiger partial charge in [-0.05, 0) is 35.4 Å². The van der Waals surface area contributed by atoms with Crippen molar-refractivity contribution in [3.8, 4) is 0 Å². The average molecular weight is 398 g/mol. The van der Waals surface area contributed by atoms with Crippen LogP contribution < -0.4 is 0 Å². The van der Waals surface area contributed by atoms with Gasteiger partial charge in [0.2, 0.25) is 0 Å². The summed E-state index contributed by atoms with van der Waals surface area (Å²) in [5.41, 5.74) is 2.33. The van der Waals surface area contributed by atoms with E-state index < -0.39 is 0 Å². The first kappa shape index (κ1) is 16.9. The molecule has 0 N–H and O–H groups in total. The molecule has 0 amide bonds. The number of hydrogen-bond donors (Lipinski definition) is 0. The normalized spacial score (nSPS) is 16.7. The minimum atomic E-state index is -0.280. The van der Waals surface area contributed by atoms with Gasteiger partial charge < -0.3 is 0 Å². The number of piperazine rings is 1. The van der Waals surface area contributed by atoms with Gasteiger partial charge in [-0.2, -0.15) is 0 Å². The number of rotatable bonds is 4. The van der Waals surface area contributed by atoms with E-state index in [2.05, 4.69) is 50.0 Å². The highest BCUT2D eigenvalue weighted by Crippen LogP contribution is 2.20. The number of hydrogen-bond acceptors (Lipinski definition) is 2. The molecule has 0 aromatic heterocycles. The molecule has 3 rings (SSSR count). The minimum absolute atomic E-state index is 0.280. The Balaban J connectivity index is 1.51. The Morgan fingerprint density at radius 1 is 0.913 bits per heavy atom. The molecule has 1 aliphatic heterocycles. The lowest BCUT2D eigenvalue weighted by molar-refractivity contribution is 0.122. The fraction of sp³-hybridized carbons (Fsp3) is 0.333. The first-order valence-corrected chi connectivity index (χ1v) is 8.90. The van der Waals surface area contributed by atoms with Gasteiger partial charge in [0.25, 0.3) is 0 Å². The summed E-state index contributed by atoms with van der Waals surface area (Å²) < 4.78 is 14.2. The molecule has 0 bridgehead atoms. The summed E-state index contributed by atoms with van der Waals surface area (Å²) in [6.45, 7) is 5.85. The third kappa shape index (κ3) is 4.77. The molecule has 0 radical (unpaired) electrons. The van der Waals surface area contributed by atoms with Crippen molar-refractivity contribution in [3.05, 3.63) is 68.9 Å². The van der Waals surface area contributed by atoms with Crippen LogP contribution in [0.5, 0.6) is 0 Å². The van der Waals surface area contributed by atoms with Crippen LogP contribution in [0.25, 0.3) is 0 Å². The molecule has 2 aromatic rings. The maximum absolute atomic E-state index is 13.1. The number of benzene rings is 2. The van der Waals surface area contributed by atoms with Gasteiger partial charge in [0.1, 0.15) is 5.82 Å². The number of halogens is 3. The minimum Gasteiger partial charge on any atom is -0.297 e.